The van der Waals surface area contributed by atoms with Gasteiger partial charge in [0.1, 0.15) is 0 Å². The molecule has 2 heteroatoms. The monoisotopic (exact) mass is 211 g/mol. The van der Waals surface area contributed by atoms with E-state index in [4.69, 9.17) is 4.74 Å². The van der Waals surface area contributed by atoms with E-state index in [1.54, 1.807) is 0 Å². The largest absolute Gasteiger partial charge is 0.380 e. The van der Waals surface area contributed by atoms with Crippen LogP contribution in [0.15, 0.2) is 12.7 Å². The summed E-state index contributed by atoms with van der Waals surface area (Å²) < 4.78 is 5.49. The number of hydrogen-bond acceptors (Lipinski definition) is 2. The van der Waals surface area contributed by atoms with Crippen LogP contribution in [0.3, 0.4) is 0 Å². The van der Waals surface area contributed by atoms with Gasteiger partial charge in [-0.1, -0.05) is 18.9 Å². The molecule has 0 bridgehead atoms. The molecule has 0 aromatic heterocycles. The van der Waals surface area contributed by atoms with E-state index in [9.17, 15) is 0 Å². The van der Waals surface area contributed by atoms with Crippen LogP contribution in [0.5, 0.6) is 0 Å². The third-order valence-electron chi connectivity index (χ3n) is 3.03. The Morgan fingerprint density at radius 2 is 2.07 bits per heavy atom. The zero-order chi connectivity index (χ0) is 10.8. The van der Waals surface area contributed by atoms with Crippen LogP contribution in [0.1, 0.15) is 38.5 Å². The highest BCUT2D eigenvalue weighted by Crippen LogP contribution is 2.23. The maximum absolute atomic E-state index is 5.49. The van der Waals surface area contributed by atoms with Gasteiger partial charge in [-0.25, -0.2) is 0 Å². The minimum atomic E-state index is 0.851. The number of ether oxygens (including phenoxy) is 1. The van der Waals surface area contributed by atoms with Crippen molar-refractivity contribution >= 4 is 0 Å². The fraction of sp³-hybridized carbons (Fsp3) is 0.846. The summed E-state index contributed by atoms with van der Waals surface area (Å²) in [6, 6.07) is 0. The van der Waals surface area contributed by atoms with E-state index in [1.807, 2.05) is 6.08 Å². The molecule has 0 radical (unpaired) electrons. The average molecular weight is 211 g/mol. The lowest BCUT2D eigenvalue weighted by molar-refractivity contribution is 0.133. The van der Waals surface area contributed by atoms with Gasteiger partial charge < -0.3 is 10.1 Å². The minimum absolute atomic E-state index is 0.851. The van der Waals surface area contributed by atoms with E-state index in [-0.39, 0.29) is 0 Å². The van der Waals surface area contributed by atoms with Crippen molar-refractivity contribution in [2.45, 2.75) is 38.5 Å². The number of allylic oxidation sites excluding steroid dienone is 1. The van der Waals surface area contributed by atoms with Gasteiger partial charge in [-0.2, -0.15) is 0 Å². The molecule has 0 aromatic carbocycles. The first-order valence-electron chi connectivity index (χ1n) is 6.33. The summed E-state index contributed by atoms with van der Waals surface area (Å²) in [6.07, 6.45) is 9.83. The molecule has 15 heavy (non-hydrogen) atoms. The van der Waals surface area contributed by atoms with Gasteiger partial charge in [0.15, 0.2) is 0 Å². The highest BCUT2D eigenvalue weighted by Gasteiger charge is 2.13. The van der Waals surface area contributed by atoms with E-state index in [0.29, 0.717) is 0 Å². The molecule has 88 valence electrons. The van der Waals surface area contributed by atoms with Crippen LogP contribution >= 0.6 is 0 Å². The second-order valence-electron chi connectivity index (χ2n) is 4.40. The molecule has 0 amide bonds. The van der Waals surface area contributed by atoms with Crippen molar-refractivity contribution < 1.29 is 4.74 Å². The van der Waals surface area contributed by atoms with Gasteiger partial charge in [0.05, 0.1) is 6.61 Å². The number of hydrogen-bond donors (Lipinski definition) is 1. The Morgan fingerprint density at radius 1 is 1.27 bits per heavy atom. The Hall–Kier alpha value is -0.340. The Morgan fingerprint density at radius 3 is 2.80 bits per heavy atom. The van der Waals surface area contributed by atoms with Gasteiger partial charge in [0, 0.05) is 13.2 Å². The molecule has 0 spiro atoms. The van der Waals surface area contributed by atoms with Gasteiger partial charge in [0.25, 0.3) is 0 Å². The standard InChI is InChI=1S/C13H25NO/c1-2-3-6-10-15-11-9-14-12-13-7-4-5-8-13/h2,13-14H,1,3-12H2. The van der Waals surface area contributed by atoms with Crippen molar-refractivity contribution in [2.75, 3.05) is 26.3 Å². The second-order valence-corrected chi connectivity index (χ2v) is 4.40. The van der Waals surface area contributed by atoms with Crippen molar-refractivity contribution in [3.63, 3.8) is 0 Å². The molecule has 1 N–H and O–H groups in total. The molecule has 1 aliphatic rings. The summed E-state index contributed by atoms with van der Waals surface area (Å²) in [4.78, 5) is 0. The van der Waals surface area contributed by atoms with E-state index in [1.165, 1.54) is 32.2 Å². The molecule has 0 saturated heterocycles. The number of nitrogens with one attached hydrogen (secondary N) is 1. The first-order valence-corrected chi connectivity index (χ1v) is 6.33. The Balaban J connectivity index is 1.74. The Kier molecular flexibility index (Phi) is 7.58. The second kappa shape index (κ2) is 8.93. The number of rotatable bonds is 9. The molecule has 0 unspecified atom stereocenters. The lowest BCUT2D eigenvalue weighted by atomic mass is 10.1. The summed E-state index contributed by atoms with van der Waals surface area (Å²) in [5, 5.41) is 3.47. The Labute approximate surface area is 94.1 Å². The minimum Gasteiger partial charge on any atom is -0.380 e. The maximum atomic E-state index is 5.49. The summed E-state index contributed by atoms with van der Waals surface area (Å²) in [5.41, 5.74) is 0. The predicted molar refractivity (Wildman–Crippen MR) is 65.1 cm³/mol. The zero-order valence-electron chi connectivity index (χ0n) is 9.84. The first-order chi connectivity index (χ1) is 7.43. The normalized spacial score (nSPS) is 17.1. The topological polar surface area (TPSA) is 21.3 Å². The van der Waals surface area contributed by atoms with Crippen LogP contribution < -0.4 is 5.32 Å². The van der Waals surface area contributed by atoms with Crippen LogP contribution in [-0.4, -0.2) is 26.3 Å². The fourth-order valence-corrected chi connectivity index (χ4v) is 2.10. The van der Waals surface area contributed by atoms with Crippen molar-refractivity contribution in [3.8, 4) is 0 Å². The lowest BCUT2D eigenvalue weighted by Crippen LogP contribution is -2.25. The van der Waals surface area contributed by atoms with Crippen LogP contribution in [0.4, 0.5) is 0 Å². The molecule has 1 saturated carbocycles. The third-order valence-corrected chi connectivity index (χ3v) is 3.03. The molecule has 0 heterocycles. The van der Waals surface area contributed by atoms with Gasteiger partial charge >= 0.3 is 0 Å². The van der Waals surface area contributed by atoms with E-state index < -0.39 is 0 Å². The Bertz CT molecular complexity index is 153. The number of unbranched alkanes of at least 4 members (excludes halogenated alkanes) is 1. The third kappa shape index (κ3) is 6.69. The molecular weight excluding hydrogens is 186 g/mol. The first kappa shape index (κ1) is 12.7. The SMILES string of the molecule is C=CCCCOCCNCC1CCCC1. The van der Waals surface area contributed by atoms with E-state index >= 15 is 0 Å². The maximum Gasteiger partial charge on any atom is 0.0590 e. The van der Waals surface area contributed by atoms with Gasteiger partial charge in [-0.3, -0.25) is 0 Å². The highest BCUT2D eigenvalue weighted by atomic mass is 16.5. The van der Waals surface area contributed by atoms with E-state index in [0.717, 1.165) is 38.5 Å². The van der Waals surface area contributed by atoms with Gasteiger partial charge in [0.2, 0.25) is 0 Å². The summed E-state index contributed by atoms with van der Waals surface area (Å²) in [7, 11) is 0. The average Bonchev–Trinajstić information content (AvgIpc) is 2.75. The van der Waals surface area contributed by atoms with Crippen molar-refractivity contribution in [3.05, 3.63) is 12.7 Å². The predicted octanol–water partition coefficient (Wildman–Crippen LogP) is 2.75. The molecule has 2 nitrogen and oxygen atoms in total. The van der Waals surface area contributed by atoms with Gasteiger partial charge in [-0.05, 0) is 38.1 Å². The molecule has 0 aliphatic heterocycles. The molecular formula is C13H25NO. The fourth-order valence-electron chi connectivity index (χ4n) is 2.10. The molecule has 0 aromatic rings. The zero-order valence-corrected chi connectivity index (χ0v) is 9.84. The van der Waals surface area contributed by atoms with E-state index in [2.05, 4.69) is 11.9 Å². The van der Waals surface area contributed by atoms with Crippen LogP contribution in [0, 0.1) is 5.92 Å². The van der Waals surface area contributed by atoms with Crippen LogP contribution in [-0.2, 0) is 4.74 Å². The molecule has 1 rings (SSSR count). The lowest BCUT2D eigenvalue weighted by Gasteiger charge is -2.10. The summed E-state index contributed by atoms with van der Waals surface area (Å²) in [5.74, 6) is 0.936. The highest BCUT2D eigenvalue weighted by molar-refractivity contribution is 4.69. The van der Waals surface area contributed by atoms with Gasteiger partial charge in [-0.15, -0.1) is 6.58 Å². The quantitative estimate of drug-likeness (QED) is 0.468. The van der Waals surface area contributed by atoms with Crippen LogP contribution in [0.2, 0.25) is 0 Å². The summed E-state index contributed by atoms with van der Waals surface area (Å²) in [6.45, 7) is 7.60. The summed E-state index contributed by atoms with van der Waals surface area (Å²) >= 11 is 0. The molecule has 1 fully saturated rings. The van der Waals surface area contributed by atoms with Crippen LogP contribution in [0.25, 0.3) is 0 Å². The van der Waals surface area contributed by atoms with Crippen molar-refractivity contribution in [1.82, 2.24) is 5.32 Å². The van der Waals surface area contributed by atoms with Crippen molar-refractivity contribution in [2.24, 2.45) is 5.92 Å². The molecule has 1 aliphatic carbocycles. The van der Waals surface area contributed by atoms with Crippen molar-refractivity contribution in [1.29, 1.82) is 0 Å². The smallest absolute Gasteiger partial charge is 0.0590 e. The molecule has 0 atom stereocenters.